The van der Waals surface area contributed by atoms with E-state index in [1.165, 1.54) is 19.1 Å². The fourth-order valence-corrected chi connectivity index (χ4v) is 5.10. The Balaban J connectivity index is 0.00000288. The predicted octanol–water partition coefficient (Wildman–Crippen LogP) is 0.442. The molecule has 0 bridgehead atoms. The van der Waals surface area contributed by atoms with Crippen LogP contribution in [0.4, 0.5) is 0 Å². The molecule has 5 N–H and O–H groups in total. The maximum absolute atomic E-state index is 12.9. The minimum atomic E-state index is -3.67. The molecule has 2 rings (SSSR count). The van der Waals surface area contributed by atoms with Gasteiger partial charge in [0, 0.05) is 12.1 Å². The second kappa shape index (κ2) is 7.96. The van der Waals surface area contributed by atoms with Gasteiger partial charge < -0.3 is 16.4 Å². The highest BCUT2D eigenvalue weighted by atomic mass is 35.5. The van der Waals surface area contributed by atoms with Crippen molar-refractivity contribution in [1.29, 1.82) is 5.41 Å². The molecule has 1 aromatic rings. The molecule has 1 fully saturated rings. The van der Waals surface area contributed by atoms with Crippen LogP contribution in [0.15, 0.2) is 35.2 Å². The second-order valence-electron chi connectivity index (χ2n) is 5.68. The summed E-state index contributed by atoms with van der Waals surface area (Å²) in [4.78, 5) is 12.0. The van der Waals surface area contributed by atoms with Crippen LogP contribution in [-0.2, 0) is 14.6 Å². The number of ketones is 1. The van der Waals surface area contributed by atoms with E-state index in [1.54, 1.807) is 18.2 Å². The SMILES string of the molecule is CCC(NC(=N)N)C1NC(C(C)=O)C1S(=O)(=O)c1ccccc1.Cl. The Bertz CT molecular complexity index is 696. The van der Waals surface area contributed by atoms with Crippen LogP contribution in [0.25, 0.3) is 0 Å². The Labute approximate surface area is 148 Å². The minimum Gasteiger partial charge on any atom is -0.370 e. The monoisotopic (exact) mass is 374 g/mol. The lowest BCUT2D eigenvalue weighted by Gasteiger charge is -2.47. The number of hydrogen-bond acceptors (Lipinski definition) is 5. The highest BCUT2D eigenvalue weighted by molar-refractivity contribution is 7.92. The molecule has 7 nitrogen and oxygen atoms in total. The van der Waals surface area contributed by atoms with Crippen molar-refractivity contribution in [3.63, 3.8) is 0 Å². The molecule has 1 aromatic carbocycles. The van der Waals surface area contributed by atoms with Crippen molar-refractivity contribution in [1.82, 2.24) is 10.6 Å². The van der Waals surface area contributed by atoms with Gasteiger partial charge in [-0.2, -0.15) is 0 Å². The standard InChI is InChI=1S/C15H22N4O3S.ClH/c1-3-11(18-15(16)17)13-14(12(19-13)9(2)20)23(21,22)10-7-5-4-6-8-10;/h4-8,11-14,19H,3H2,1-2H3,(H4,16,17,18);1H. The van der Waals surface area contributed by atoms with Crippen LogP contribution in [0, 0.1) is 5.41 Å². The van der Waals surface area contributed by atoms with E-state index in [1.807, 2.05) is 6.92 Å². The smallest absolute Gasteiger partial charge is 0.185 e. The van der Waals surface area contributed by atoms with Crippen molar-refractivity contribution >= 4 is 34.0 Å². The van der Waals surface area contributed by atoms with Crippen molar-refractivity contribution in [2.24, 2.45) is 5.73 Å². The Hall–Kier alpha value is -1.64. The molecule has 0 amide bonds. The first-order chi connectivity index (χ1) is 10.8. The largest absolute Gasteiger partial charge is 0.370 e. The molecular weight excluding hydrogens is 352 g/mol. The van der Waals surface area contributed by atoms with E-state index < -0.39 is 27.2 Å². The fourth-order valence-electron chi connectivity index (χ4n) is 2.96. The summed E-state index contributed by atoms with van der Waals surface area (Å²) in [5.41, 5.74) is 5.37. The zero-order chi connectivity index (χ0) is 17.2. The van der Waals surface area contributed by atoms with Crippen molar-refractivity contribution in [2.45, 2.75) is 48.5 Å². The van der Waals surface area contributed by atoms with Crippen molar-refractivity contribution in [2.75, 3.05) is 0 Å². The van der Waals surface area contributed by atoms with Crippen molar-refractivity contribution in [3.05, 3.63) is 30.3 Å². The third kappa shape index (κ3) is 3.88. The van der Waals surface area contributed by atoms with Crippen LogP contribution < -0.4 is 16.4 Å². The molecule has 134 valence electrons. The Morgan fingerprint density at radius 1 is 1.38 bits per heavy atom. The maximum atomic E-state index is 12.9. The van der Waals surface area contributed by atoms with Gasteiger partial charge in [0.15, 0.2) is 15.8 Å². The van der Waals surface area contributed by atoms with Crippen LogP contribution in [0.3, 0.4) is 0 Å². The topological polar surface area (TPSA) is 125 Å². The zero-order valence-electron chi connectivity index (χ0n) is 13.5. The van der Waals surface area contributed by atoms with Crippen molar-refractivity contribution < 1.29 is 13.2 Å². The maximum Gasteiger partial charge on any atom is 0.185 e. The highest BCUT2D eigenvalue weighted by Crippen LogP contribution is 2.30. The number of halogens is 1. The minimum absolute atomic E-state index is 0. The average molecular weight is 375 g/mol. The van der Waals surface area contributed by atoms with E-state index >= 15 is 0 Å². The first-order valence-electron chi connectivity index (χ1n) is 7.45. The number of Topliss-reactive ketones (excluding diaryl/α,β-unsaturated/α-hetero) is 1. The number of nitrogens with two attached hydrogens (primary N) is 1. The van der Waals surface area contributed by atoms with E-state index in [9.17, 15) is 13.2 Å². The van der Waals surface area contributed by atoms with E-state index in [4.69, 9.17) is 11.1 Å². The van der Waals surface area contributed by atoms with Crippen LogP contribution >= 0.6 is 12.4 Å². The average Bonchev–Trinajstić information content (AvgIpc) is 2.44. The summed E-state index contributed by atoms with van der Waals surface area (Å²) in [5.74, 6) is -0.441. The van der Waals surface area contributed by atoms with Gasteiger partial charge in [-0.05, 0) is 25.5 Å². The number of carbonyl (C=O) groups is 1. The first-order valence-corrected chi connectivity index (χ1v) is 8.99. The number of carbonyl (C=O) groups excluding carboxylic acids is 1. The molecule has 9 heteroatoms. The predicted molar refractivity (Wildman–Crippen MR) is 95.2 cm³/mol. The van der Waals surface area contributed by atoms with Crippen LogP contribution in [0.1, 0.15) is 20.3 Å². The van der Waals surface area contributed by atoms with Gasteiger partial charge >= 0.3 is 0 Å². The number of rotatable bonds is 6. The van der Waals surface area contributed by atoms with Gasteiger partial charge in [-0.1, -0.05) is 25.1 Å². The fraction of sp³-hybridized carbons (Fsp3) is 0.467. The van der Waals surface area contributed by atoms with Crippen LogP contribution in [0.5, 0.6) is 0 Å². The van der Waals surface area contributed by atoms with Gasteiger partial charge in [-0.3, -0.25) is 10.2 Å². The summed E-state index contributed by atoms with van der Waals surface area (Å²) in [6.45, 7) is 3.25. The number of nitrogens with one attached hydrogen (secondary N) is 3. The molecule has 1 aliphatic rings. The molecule has 0 radical (unpaired) electrons. The van der Waals surface area contributed by atoms with E-state index in [-0.39, 0.29) is 35.1 Å². The quantitative estimate of drug-likeness (QED) is 0.423. The lowest BCUT2D eigenvalue weighted by Crippen LogP contribution is -2.76. The molecule has 0 spiro atoms. The molecule has 4 unspecified atom stereocenters. The summed E-state index contributed by atoms with van der Waals surface area (Å²) in [6, 6.07) is 6.54. The summed E-state index contributed by atoms with van der Waals surface area (Å²) < 4.78 is 25.9. The van der Waals surface area contributed by atoms with E-state index in [0.29, 0.717) is 6.42 Å². The molecule has 0 aromatic heterocycles. The van der Waals surface area contributed by atoms with E-state index in [2.05, 4.69) is 10.6 Å². The molecule has 1 heterocycles. The summed E-state index contributed by atoms with van der Waals surface area (Å²) in [7, 11) is -3.67. The number of guanidine groups is 1. The molecule has 1 aliphatic heterocycles. The number of benzene rings is 1. The van der Waals surface area contributed by atoms with Crippen LogP contribution in [0.2, 0.25) is 0 Å². The molecule has 0 saturated carbocycles. The molecule has 1 saturated heterocycles. The lowest BCUT2D eigenvalue weighted by atomic mass is 9.87. The zero-order valence-corrected chi connectivity index (χ0v) is 15.2. The lowest BCUT2D eigenvalue weighted by molar-refractivity contribution is -0.121. The summed E-state index contributed by atoms with van der Waals surface area (Å²) in [6.07, 6.45) is 0.572. The van der Waals surface area contributed by atoms with Crippen molar-refractivity contribution in [3.8, 4) is 0 Å². The van der Waals surface area contributed by atoms with Gasteiger partial charge in [-0.25, -0.2) is 8.42 Å². The van der Waals surface area contributed by atoms with Gasteiger partial charge in [0.2, 0.25) is 0 Å². The Morgan fingerprint density at radius 3 is 2.42 bits per heavy atom. The summed E-state index contributed by atoms with van der Waals surface area (Å²) >= 11 is 0. The third-order valence-corrected chi connectivity index (χ3v) is 6.35. The number of sulfone groups is 1. The molecule has 24 heavy (non-hydrogen) atoms. The van der Waals surface area contributed by atoms with Gasteiger partial charge in [0.05, 0.1) is 10.9 Å². The van der Waals surface area contributed by atoms with Gasteiger partial charge in [0.25, 0.3) is 0 Å². The Kier molecular flexibility index (Phi) is 6.76. The second-order valence-corrected chi connectivity index (χ2v) is 7.78. The first kappa shape index (κ1) is 20.4. The molecule has 0 aliphatic carbocycles. The van der Waals surface area contributed by atoms with E-state index in [0.717, 1.165) is 0 Å². The number of hydrogen-bond donors (Lipinski definition) is 4. The van der Waals surface area contributed by atoms with Gasteiger partial charge in [0.1, 0.15) is 11.0 Å². The summed E-state index contributed by atoms with van der Waals surface area (Å²) in [5, 5.41) is 12.3. The van der Waals surface area contributed by atoms with Gasteiger partial charge in [-0.15, -0.1) is 12.4 Å². The normalized spacial score (nSPS) is 24.2. The Morgan fingerprint density at radius 2 is 1.96 bits per heavy atom. The molecular formula is C15H23ClN4O3S. The van der Waals surface area contributed by atoms with Crippen LogP contribution in [-0.4, -0.2) is 43.5 Å². The molecule has 4 atom stereocenters. The highest BCUT2D eigenvalue weighted by Gasteiger charge is 2.53. The third-order valence-electron chi connectivity index (χ3n) is 4.14.